The van der Waals surface area contributed by atoms with Crippen LogP contribution in [0.1, 0.15) is 21.5 Å². The molecule has 8 heteroatoms. The van der Waals surface area contributed by atoms with Crippen molar-refractivity contribution in [2.24, 2.45) is 0 Å². The summed E-state index contributed by atoms with van der Waals surface area (Å²) >= 11 is 0. The number of hydrogen-bond acceptors (Lipinski definition) is 5. The van der Waals surface area contributed by atoms with Crippen LogP contribution in [0.5, 0.6) is 11.5 Å². The van der Waals surface area contributed by atoms with E-state index in [1.54, 1.807) is 47.4 Å². The highest BCUT2D eigenvalue weighted by Gasteiger charge is 2.25. The number of ether oxygens (including phenoxy) is 2. The van der Waals surface area contributed by atoms with Crippen LogP contribution in [0.3, 0.4) is 0 Å². The van der Waals surface area contributed by atoms with Crippen molar-refractivity contribution in [3.63, 3.8) is 0 Å². The number of rotatable bonds is 8. The highest BCUT2D eigenvalue weighted by Crippen LogP contribution is 2.30. The first kappa shape index (κ1) is 22.4. The number of fused-ring (bicyclic) bond motifs is 1. The lowest BCUT2D eigenvalue weighted by Crippen LogP contribution is -2.23. The summed E-state index contributed by atoms with van der Waals surface area (Å²) in [4.78, 5) is 14.3. The maximum atomic E-state index is 12.8. The van der Waals surface area contributed by atoms with Gasteiger partial charge in [0, 0.05) is 24.7 Å². The second-order valence-electron chi connectivity index (χ2n) is 7.49. The third-order valence-electron chi connectivity index (χ3n) is 5.36. The summed E-state index contributed by atoms with van der Waals surface area (Å²) in [5.74, 6) is 0.965. The van der Waals surface area contributed by atoms with Gasteiger partial charge in [-0.25, -0.2) is 8.42 Å². The van der Waals surface area contributed by atoms with Crippen LogP contribution in [0.15, 0.2) is 77.7 Å². The summed E-state index contributed by atoms with van der Waals surface area (Å²) in [5.41, 5.74) is 2.99. The van der Waals surface area contributed by atoms with Crippen molar-refractivity contribution in [2.45, 2.75) is 11.4 Å². The molecular formula is C25H24N2O5S. The van der Waals surface area contributed by atoms with Crippen LogP contribution in [0.25, 0.3) is 6.08 Å². The van der Waals surface area contributed by atoms with Gasteiger partial charge in [-0.1, -0.05) is 42.5 Å². The van der Waals surface area contributed by atoms with Gasteiger partial charge in [-0.15, -0.1) is 0 Å². The molecule has 0 radical (unpaired) electrons. The molecule has 4 rings (SSSR count). The number of nitrogens with one attached hydrogen (secondary N) is 1. The van der Waals surface area contributed by atoms with Gasteiger partial charge in [0.2, 0.25) is 0 Å². The number of amides is 1. The smallest absolute Gasteiger partial charge is 0.261 e. The third-order valence-corrected chi connectivity index (χ3v) is 6.76. The molecule has 1 aliphatic heterocycles. The number of methoxy groups -OCH3 is 2. The summed E-state index contributed by atoms with van der Waals surface area (Å²) in [5, 5.41) is 0. The molecule has 0 unspecified atom stereocenters. The number of nitrogens with zero attached hydrogens (tertiary/aromatic N) is 1. The molecule has 1 aliphatic rings. The van der Waals surface area contributed by atoms with E-state index in [4.69, 9.17) is 9.47 Å². The third kappa shape index (κ3) is 4.85. The first-order valence-electron chi connectivity index (χ1n) is 10.3. The number of anilines is 1. The van der Waals surface area contributed by atoms with Crippen molar-refractivity contribution >= 4 is 27.7 Å². The topological polar surface area (TPSA) is 84.9 Å². The Labute approximate surface area is 193 Å². The van der Waals surface area contributed by atoms with Crippen LogP contribution >= 0.6 is 0 Å². The van der Waals surface area contributed by atoms with Gasteiger partial charge in [0.15, 0.2) is 11.5 Å². The van der Waals surface area contributed by atoms with Gasteiger partial charge >= 0.3 is 0 Å². The fourth-order valence-corrected chi connectivity index (χ4v) is 4.70. The van der Waals surface area contributed by atoms with Crippen LogP contribution in [0.2, 0.25) is 0 Å². The zero-order valence-electron chi connectivity index (χ0n) is 18.3. The summed E-state index contributed by atoms with van der Waals surface area (Å²) in [7, 11) is -0.769. The highest BCUT2D eigenvalue weighted by atomic mass is 32.2. The van der Waals surface area contributed by atoms with Gasteiger partial charge in [-0.2, -0.15) is 0 Å². The average Bonchev–Trinajstić information content (AvgIpc) is 3.14. The van der Waals surface area contributed by atoms with Gasteiger partial charge in [-0.05, 0) is 41.5 Å². The molecule has 0 atom stereocenters. The molecule has 170 valence electrons. The number of sulfonamides is 1. The van der Waals surface area contributed by atoms with Crippen LogP contribution in [-0.4, -0.2) is 40.0 Å². The zero-order chi connectivity index (χ0) is 23.4. The van der Waals surface area contributed by atoms with Crippen molar-refractivity contribution in [1.29, 1.82) is 0 Å². The summed E-state index contributed by atoms with van der Waals surface area (Å²) < 4.78 is 38.5. The Morgan fingerprint density at radius 2 is 1.70 bits per heavy atom. The molecule has 1 N–H and O–H groups in total. The first-order valence-corrected chi connectivity index (χ1v) is 11.8. The zero-order valence-corrected chi connectivity index (χ0v) is 19.1. The fraction of sp³-hybridized carbons (Fsp3) is 0.160. The Kier molecular flexibility index (Phi) is 6.37. The SMILES string of the molecule is COc1ccc(NS(=O)(=O)c2ccc(/C=C/CN3Cc4ccccc4C3=O)cc2)cc1OC. The number of benzene rings is 3. The highest BCUT2D eigenvalue weighted by molar-refractivity contribution is 7.92. The molecule has 1 amide bonds. The lowest BCUT2D eigenvalue weighted by molar-refractivity contribution is 0.0796. The van der Waals surface area contributed by atoms with E-state index in [0.717, 1.165) is 16.7 Å². The largest absolute Gasteiger partial charge is 0.493 e. The molecule has 3 aromatic carbocycles. The minimum Gasteiger partial charge on any atom is -0.493 e. The van der Waals surface area contributed by atoms with E-state index in [0.29, 0.717) is 30.3 Å². The Bertz CT molecular complexity index is 1300. The molecule has 0 bridgehead atoms. The van der Waals surface area contributed by atoms with Crippen molar-refractivity contribution in [2.75, 3.05) is 25.5 Å². The minimum atomic E-state index is -3.77. The van der Waals surface area contributed by atoms with E-state index in [-0.39, 0.29) is 10.8 Å². The van der Waals surface area contributed by atoms with E-state index in [1.165, 1.54) is 14.2 Å². The fourth-order valence-electron chi connectivity index (χ4n) is 3.65. The minimum absolute atomic E-state index is 0.0259. The standard InChI is InChI=1S/C25H24N2O5S/c1-31-23-14-11-20(16-24(23)32-2)26-33(29,30)21-12-9-18(10-13-21)6-5-15-27-17-19-7-3-4-8-22(19)25(27)28/h3-14,16,26H,15,17H2,1-2H3/b6-5+. The average molecular weight is 465 g/mol. The van der Waals surface area contributed by atoms with Gasteiger partial charge in [0.1, 0.15) is 0 Å². The Morgan fingerprint density at radius 3 is 2.39 bits per heavy atom. The monoisotopic (exact) mass is 464 g/mol. The number of carbonyl (C=O) groups excluding carboxylic acids is 1. The van der Waals surface area contributed by atoms with Crippen LogP contribution < -0.4 is 14.2 Å². The molecule has 0 saturated heterocycles. The van der Waals surface area contributed by atoms with E-state index < -0.39 is 10.0 Å². The Hall–Kier alpha value is -3.78. The molecule has 0 aromatic heterocycles. The quantitative estimate of drug-likeness (QED) is 0.541. The molecule has 0 saturated carbocycles. The van der Waals surface area contributed by atoms with Crippen molar-refractivity contribution < 1.29 is 22.7 Å². The number of carbonyl (C=O) groups is 1. The lowest BCUT2D eigenvalue weighted by Gasteiger charge is -2.12. The van der Waals surface area contributed by atoms with Gasteiger partial charge in [0.25, 0.3) is 15.9 Å². The maximum absolute atomic E-state index is 12.8. The van der Waals surface area contributed by atoms with Gasteiger partial charge in [-0.3, -0.25) is 9.52 Å². The predicted molar refractivity (Wildman–Crippen MR) is 127 cm³/mol. The van der Waals surface area contributed by atoms with Crippen molar-refractivity contribution in [3.8, 4) is 11.5 Å². The second kappa shape index (κ2) is 9.38. The van der Waals surface area contributed by atoms with Crippen molar-refractivity contribution in [1.82, 2.24) is 4.90 Å². The Morgan fingerprint density at radius 1 is 0.970 bits per heavy atom. The summed E-state index contributed by atoms with van der Waals surface area (Å²) in [6.45, 7) is 1.08. The normalized spacial score (nSPS) is 13.3. The van der Waals surface area contributed by atoms with E-state index in [1.807, 2.05) is 36.4 Å². The Balaban J connectivity index is 1.40. The number of hydrogen-bond donors (Lipinski definition) is 1. The van der Waals surface area contributed by atoms with Crippen LogP contribution in [0, 0.1) is 0 Å². The van der Waals surface area contributed by atoms with Crippen LogP contribution in [-0.2, 0) is 16.6 Å². The van der Waals surface area contributed by atoms with E-state index in [2.05, 4.69) is 4.72 Å². The van der Waals surface area contributed by atoms with Crippen molar-refractivity contribution in [3.05, 3.63) is 89.5 Å². The molecule has 33 heavy (non-hydrogen) atoms. The molecule has 0 aliphatic carbocycles. The molecule has 1 heterocycles. The molecule has 0 spiro atoms. The van der Waals surface area contributed by atoms with Gasteiger partial charge < -0.3 is 14.4 Å². The lowest BCUT2D eigenvalue weighted by atomic mass is 10.1. The first-order chi connectivity index (χ1) is 15.9. The van der Waals surface area contributed by atoms with E-state index in [9.17, 15) is 13.2 Å². The molecular weight excluding hydrogens is 440 g/mol. The summed E-state index contributed by atoms with van der Waals surface area (Å²) in [6.07, 6.45) is 3.77. The van der Waals surface area contributed by atoms with E-state index >= 15 is 0 Å². The maximum Gasteiger partial charge on any atom is 0.261 e. The molecule has 3 aromatic rings. The second-order valence-corrected chi connectivity index (χ2v) is 9.17. The molecule has 7 nitrogen and oxygen atoms in total. The van der Waals surface area contributed by atoms with Crippen LogP contribution in [0.4, 0.5) is 5.69 Å². The molecule has 0 fully saturated rings. The predicted octanol–water partition coefficient (Wildman–Crippen LogP) is 4.17. The van der Waals surface area contributed by atoms with Gasteiger partial charge in [0.05, 0.1) is 24.8 Å². The summed E-state index contributed by atoms with van der Waals surface area (Å²) in [6, 6.07) is 18.9.